The van der Waals surface area contributed by atoms with E-state index in [1.807, 2.05) is 107 Å². The van der Waals surface area contributed by atoms with Crippen molar-refractivity contribution >= 4 is 22.7 Å². The Bertz CT molecular complexity index is 1160. The number of carbonyl (C=O) groups excluding carboxylic acids is 2. The van der Waals surface area contributed by atoms with Gasteiger partial charge in [0.15, 0.2) is 11.6 Å². The normalized spacial score (nSPS) is 18.4. The lowest BCUT2D eigenvalue weighted by molar-refractivity contribution is -0.114. The second-order valence-electron chi connectivity index (χ2n) is 13.7. The van der Waals surface area contributed by atoms with Crippen LogP contribution in [0.4, 0.5) is 0 Å². The number of hydrogen-bond donors (Lipinski definition) is 0. The minimum Gasteiger partial charge on any atom is -0.416 e. The summed E-state index contributed by atoms with van der Waals surface area (Å²) >= 11 is 0. The van der Waals surface area contributed by atoms with Crippen molar-refractivity contribution < 1.29 is 14.0 Å². The van der Waals surface area contributed by atoms with Gasteiger partial charge in [-0.1, -0.05) is 83.1 Å². The van der Waals surface area contributed by atoms with Gasteiger partial charge in [0.05, 0.1) is 0 Å². The third kappa shape index (κ3) is 5.39. The monoisotopic (exact) mass is 476 g/mol. The van der Waals surface area contributed by atoms with E-state index in [4.69, 9.17) is 4.42 Å². The third-order valence-electron chi connectivity index (χ3n) is 6.33. The molecule has 2 aliphatic carbocycles. The standard InChI is InChI=1S/C30H40N2O3/c1-27(2,3)19-13-17(14-20(23(19)33)28(4,5)6)25-31-32-26(35-25)18-15-21(29(7,8)9)24(34)22(16-18)30(10,11)12/h13-16H,1-12H3. The van der Waals surface area contributed by atoms with Crippen molar-refractivity contribution in [2.75, 3.05) is 0 Å². The molecule has 0 fully saturated rings. The summed E-state index contributed by atoms with van der Waals surface area (Å²) in [5, 5.41) is 8.70. The Morgan fingerprint density at radius 3 is 0.914 bits per heavy atom. The zero-order valence-electron chi connectivity index (χ0n) is 23.4. The fraction of sp³-hybridized carbons (Fsp3) is 0.533. The van der Waals surface area contributed by atoms with Gasteiger partial charge < -0.3 is 4.42 Å². The maximum Gasteiger partial charge on any atom is 0.248 e. The van der Waals surface area contributed by atoms with E-state index < -0.39 is 0 Å². The molecule has 3 rings (SSSR count). The minimum absolute atomic E-state index is 0.0594. The van der Waals surface area contributed by atoms with E-state index in [9.17, 15) is 9.59 Å². The number of aromatic nitrogens is 2. The van der Waals surface area contributed by atoms with Gasteiger partial charge in [0.1, 0.15) is 0 Å². The van der Waals surface area contributed by atoms with Crippen LogP contribution in [0.25, 0.3) is 11.1 Å². The highest BCUT2D eigenvalue weighted by Crippen LogP contribution is 2.40. The van der Waals surface area contributed by atoms with E-state index in [1.54, 1.807) is 0 Å². The average molecular weight is 477 g/mol. The first-order chi connectivity index (χ1) is 15.7. The van der Waals surface area contributed by atoms with E-state index in [0.29, 0.717) is 11.1 Å². The predicted octanol–water partition coefficient (Wildman–Crippen LogP) is 5.43. The molecular weight excluding hydrogens is 436 g/mol. The summed E-state index contributed by atoms with van der Waals surface area (Å²) in [6.45, 7) is 24.4. The number of rotatable bonds is 0. The number of hydrogen-bond acceptors (Lipinski definition) is 5. The fourth-order valence-electron chi connectivity index (χ4n) is 4.19. The molecule has 2 aliphatic rings. The van der Waals surface area contributed by atoms with Crippen molar-refractivity contribution in [1.29, 1.82) is 0 Å². The molecule has 5 heteroatoms. The van der Waals surface area contributed by atoms with Crippen LogP contribution in [0.5, 0.6) is 0 Å². The number of nitrogens with zero attached hydrogens (tertiary/aromatic N) is 2. The molecular formula is C30H40N2O3. The lowest BCUT2D eigenvalue weighted by atomic mass is 9.72. The van der Waals surface area contributed by atoms with Crippen LogP contribution < -0.4 is 11.1 Å². The number of carbonyl (C=O) groups is 2. The Labute approximate surface area is 209 Å². The van der Waals surface area contributed by atoms with E-state index in [2.05, 4.69) is 10.2 Å². The molecule has 0 spiro atoms. The number of Topliss-reactive ketones (excluding diaryl/α,β-unsaturated/α-hetero) is 2. The van der Waals surface area contributed by atoms with Gasteiger partial charge >= 0.3 is 0 Å². The molecule has 0 aromatic carbocycles. The summed E-state index contributed by atoms with van der Waals surface area (Å²) in [7, 11) is 0. The topological polar surface area (TPSA) is 73.1 Å². The van der Waals surface area contributed by atoms with Crippen LogP contribution in [0, 0.1) is 21.7 Å². The van der Waals surface area contributed by atoms with Crippen molar-refractivity contribution in [3.8, 4) is 0 Å². The molecule has 0 saturated heterocycles. The molecule has 1 aromatic heterocycles. The molecule has 0 atom stereocenters. The Balaban J connectivity index is 2.35. The molecule has 0 amide bonds. The highest BCUT2D eigenvalue weighted by molar-refractivity contribution is 6.15. The van der Waals surface area contributed by atoms with Crippen molar-refractivity contribution in [2.45, 2.75) is 83.1 Å². The SMILES string of the molecule is CC(C)(C)C1=CC(=c2nnc(=C3C=C(C(C)(C)C)C(=O)C(C(C)(C)C)=C3)o2)C=C(C(C)(C)C)C1=O. The zero-order valence-corrected chi connectivity index (χ0v) is 23.4. The lowest BCUT2D eigenvalue weighted by Gasteiger charge is -2.31. The van der Waals surface area contributed by atoms with Gasteiger partial charge in [0.25, 0.3) is 0 Å². The Hall–Kier alpha value is -2.82. The summed E-state index contributed by atoms with van der Waals surface area (Å²) in [6, 6.07) is 0. The summed E-state index contributed by atoms with van der Waals surface area (Å²) < 4.78 is 6.18. The van der Waals surface area contributed by atoms with Crippen LogP contribution in [-0.4, -0.2) is 21.8 Å². The van der Waals surface area contributed by atoms with Gasteiger partial charge in [-0.05, 0) is 46.0 Å². The summed E-state index contributed by atoms with van der Waals surface area (Å²) in [5.41, 5.74) is 3.74. The molecule has 0 radical (unpaired) electrons. The highest BCUT2D eigenvalue weighted by Gasteiger charge is 2.36. The average Bonchev–Trinajstić information content (AvgIpc) is 3.14. The number of allylic oxidation sites excluding steroid dienone is 8. The maximum atomic E-state index is 13.3. The van der Waals surface area contributed by atoms with Gasteiger partial charge in [-0.25, -0.2) is 0 Å². The van der Waals surface area contributed by atoms with Gasteiger partial charge in [-0.15, -0.1) is 10.2 Å². The van der Waals surface area contributed by atoms with E-state index in [1.165, 1.54) is 0 Å². The van der Waals surface area contributed by atoms with Gasteiger partial charge in [-0.2, -0.15) is 0 Å². The third-order valence-corrected chi connectivity index (χ3v) is 6.33. The van der Waals surface area contributed by atoms with E-state index >= 15 is 0 Å². The molecule has 0 unspecified atom stereocenters. The molecule has 5 nitrogen and oxygen atoms in total. The zero-order chi connectivity index (χ0) is 26.7. The molecule has 0 N–H and O–H groups in total. The van der Waals surface area contributed by atoms with E-state index in [-0.39, 0.29) is 33.2 Å². The van der Waals surface area contributed by atoms with Crippen molar-refractivity contribution in [1.82, 2.24) is 10.2 Å². The largest absolute Gasteiger partial charge is 0.416 e. The molecule has 0 saturated carbocycles. The van der Waals surface area contributed by atoms with Crippen LogP contribution in [0.3, 0.4) is 0 Å². The van der Waals surface area contributed by atoms with Gasteiger partial charge in [-0.3, -0.25) is 9.59 Å². The quantitative estimate of drug-likeness (QED) is 0.499. The van der Waals surface area contributed by atoms with Crippen LogP contribution >= 0.6 is 0 Å². The number of ketones is 2. The summed E-state index contributed by atoms with van der Waals surface area (Å²) in [4.78, 5) is 26.5. The first kappa shape index (κ1) is 26.8. The fourth-order valence-corrected chi connectivity index (χ4v) is 4.19. The summed E-state index contributed by atoms with van der Waals surface area (Å²) in [6.07, 6.45) is 7.49. The van der Waals surface area contributed by atoms with Crippen LogP contribution in [0.1, 0.15) is 83.1 Å². The van der Waals surface area contributed by atoms with Crippen molar-refractivity contribution in [3.05, 3.63) is 57.7 Å². The molecule has 1 heterocycles. The first-order valence-corrected chi connectivity index (χ1v) is 12.3. The lowest BCUT2D eigenvalue weighted by Crippen LogP contribution is -2.29. The van der Waals surface area contributed by atoms with Gasteiger partial charge in [0.2, 0.25) is 11.1 Å². The van der Waals surface area contributed by atoms with Crippen LogP contribution in [0.2, 0.25) is 0 Å². The second kappa shape index (κ2) is 8.39. The van der Waals surface area contributed by atoms with E-state index in [0.717, 1.165) is 33.4 Å². The molecule has 0 bridgehead atoms. The molecule has 188 valence electrons. The van der Waals surface area contributed by atoms with Crippen LogP contribution in [-0.2, 0) is 9.59 Å². The highest BCUT2D eigenvalue weighted by atomic mass is 16.4. The van der Waals surface area contributed by atoms with Crippen molar-refractivity contribution in [2.24, 2.45) is 21.7 Å². The molecule has 1 aromatic rings. The Morgan fingerprint density at radius 2 is 0.714 bits per heavy atom. The van der Waals surface area contributed by atoms with Crippen LogP contribution in [0.15, 0.2) is 51.0 Å². The first-order valence-electron chi connectivity index (χ1n) is 12.3. The Morgan fingerprint density at radius 1 is 0.486 bits per heavy atom. The molecule has 35 heavy (non-hydrogen) atoms. The predicted molar refractivity (Wildman–Crippen MR) is 141 cm³/mol. The minimum atomic E-state index is -0.330. The van der Waals surface area contributed by atoms with Gasteiger partial charge in [0, 0.05) is 33.4 Å². The smallest absolute Gasteiger partial charge is 0.248 e. The van der Waals surface area contributed by atoms with Crippen molar-refractivity contribution in [3.63, 3.8) is 0 Å². The Kier molecular flexibility index (Phi) is 6.42. The molecule has 0 aliphatic heterocycles. The second-order valence-corrected chi connectivity index (χ2v) is 13.7. The maximum absolute atomic E-state index is 13.3. The summed E-state index contributed by atoms with van der Waals surface area (Å²) in [5.74, 6) is 0.119.